The molecule has 0 spiro atoms. The molecule has 2 aromatic carbocycles. The fraction of sp³-hybridized carbons (Fsp3) is 0.0588. The standard InChI is InChI=1S/C17H15ClN2O2/c1-2-11-22-15-9-7-13(8-10-15)17(21)20-19-12-14-5-3-4-6-16(14)18/h2-10,12H,1,11H2,(H,20,21)/b19-12+. The predicted octanol–water partition coefficient (Wildman–Crippen LogP) is 3.67. The Morgan fingerprint density at radius 3 is 2.64 bits per heavy atom. The van der Waals surface area contributed by atoms with Crippen LogP contribution in [0.25, 0.3) is 0 Å². The largest absolute Gasteiger partial charge is 0.490 e. The van der Waals surface area contributed by atoms with Crippen LogP contribution in [0.1, 0.15) is 15.9 Å². The van der Waals surface area contributed by atoms with Gasteiger partial charge in [0.25, 0.3) is 5.91 Å². The molecule has 112 valence electrons. The summed E-state index contributed by atoms with van der Waals surface area (Å²) in [6.07, 6.45) is 3.16. The second-order valence-corrected chi connectivity index (χ2v) is 4.75. The van der Waals surface area contributed by atoms with Crippen molar-refractivity contribution >= 4 is 23.7 Å². The van der Waals surface area contributed by atoms with Gasteiger partial charge in [0.2, 0.25) is 0 Å². The van der Waals surface area contributed by atoms with Crippen LogP contribution >= 0.6 is 11.6 Å². The van der Waals surface area contributed by atoms with Gasteiger partial charge >= 0.3 is 0 Å². The number of rotatable bonds is 6. The summed E-state index contributed by atoms with van der Waals surface area (Å²) in [5.41, 5.74) is 3.67. The normalized spacial score (nSPS) is 10.4. The number of hydrogen-bond acceptors (Lipinski definition) is 3. The van der Waals surface area contributed by atoms with Gasteiger partial charge in [-0.25, -0.2) is 5.43 Å². The van der Waals surface area contributed by atoms with E-state index in [0.717, 1.165) is 5.56 Å². The van der Waals surface area contributed by atoms with E-state index in [9.17, 15) is 4.79 Å². The van der Waals surface area contributed by atoms with E-state index in [1.165, 1.54) is 6.21 Å². The summed E-state index contributed by atoms with van der Waals surface area (Å²) in [5.74, 6) is 0.370. The Morgan fingerprint density at radius 1 is 1.23 bits per heavy atom. The van der Waals surface area contributed by atoms with E-state index in [1.54, 1.807) is 36.4 Å². The summed E-state index contributed by atoms with van der Waals surface area (Å²) in [7, 11) is 0. The van der Waals surface area contributed by atoms with Gasteiger partial charge < -0.3 is 4.74 Å². The van der Waals surface area contributed by atoms with Crippen molar-refractivity contribution in [1.29, 1.82) is 0 Å². The first-order valence-electron chi connectivity index (χ1n) is 6.62. The van der Waals surface area contributed by atoms with Gasteiger partial charge in [-0.2, -0.15) is 5.10 Å². The van der Waals surface area contributed by atoms with Gasteiger partial charge in [0.05, 0.1) is 6.21 Å². The molecule has 0 saturated heterocycles. The number of carbonyl (C=O) groups is 1. The number of benzene rings is 2. The molecular weight excluding hydrogens is 300 g/mol. The second-order valence-electron chi connectivity index (χ2n) is 4.34. The molecular formula is C17H15ClN2O2. The van der Waals surface area contributed by atoms with Crippen molar-refractivity contribution in [3.8, 4) is 5.75 Å². The summed E-state index contributed by atoms with van der Waals surface area (Å²) < 4.78 is 5.35. The lowest BCUT2D eigenvalue weighted by Crippen LogP contribution is -2.17. The highest BCUT2D eigenvalue weighted by molar-refractivity contribution is 6.33. The van der Waals surface area contributed by atoms with Crippen LogP contribution in [0.4, 0.5) is 0 Å². The molecule has 0 unspecified atom stereocenters. The van der Waals surface area contributed by atoms with Gasteiger partial charge in [0.15, 0.2) is 0 Å². The average Bonchev–Trinajstić information content (AvgIpc) is 2.55. The molecule has 0 aliphatic carbocycles. The Hall–Kier alpha value is -2.59. The number of nitrogens with one attached hydrogen (secondary N) is 1. The van der Waals surface area contributed by atoms with Crippen LogP contribution in [0.15, 0.2) is 66.3 Å². The zero-order valence-corrected chi connectivity index (χ0v) is 12.6. The molecule has 0 atom stereocenters. The van der Waals surface area contributed by atoms with Crippen molar-refractivity contribution in [1.82, 2.24) is 5.43 Å². The zero-order chi connectivity index (χ0) is 15.8. The lowest BCUT2D eigenvalue weighted by Gasteiger charge is -2.04. The first kappa shape index (κ1) is 15.8. The van der Waals surface area contributed by atoms with Crippen LogP contribution in [0, 0.1) is 0 Å². The zero-order valence-electron chi connectivity index (χ0n) is 11.8. The Morgan fingerprint density at radius 2 is 1.95 bits per heavy atom. The summed E-state index contributed by atoms with van der Waals surface area (Å²) >= 11 is 5.99. The maximum Gasteiger partial charge on any atom is 0.271 e. The molecule has 0 aliphatic heterocycles. The van der Waals surface area contributed by atoms with E-state index in [1.807, 2.05) is 18.2 Å². The topological polar surface area (TPSA) is 50.7 Å². The maximum absolute atomic E-state index is 11.9. The third-order valence-electron chi connectivity index (χ3n) is 2.76. The molecule has 0 saturated carbocycles. The summed E-state index contributed by atoms with van der Waals surface area (Å²) in [6, 6.07) is 14.0. The highest BCUT2D eigenvalue weighted by atomic mass is 35.5. The molecule has 22 heavy (non-hydrogen) atoms. The highest BCUT2D eigenvalue weighted by Gasteiger charge is 2.04. The van der Waals surface area contributed by atoms with Crippen molar-refractivity contribution in [2.45, 2.75) is 0 Å². The van der Waals surface area contributed by atoms with Crippen molar-refractivity contribution in [2.75, 3.05) is 6.61 Å². The first-order valence-corrected chi connectivity index (χ1v) is 7.00. The van der Waals surface area contributed by atoms with E-state index in [2.05, 4.69) is 17.1 Å². The lowest BCUT2D eigenvalue weighted by molar-refractivity contribution is 0.0955. The Labute approximate surface area is 134 Å². The molecule has 0 aliphatic rings. The number of nitrogens with zero attached hydrogens (tertiary/aromatic N) is 1. The van der Waals surface area contributed by atoms with Crippen LogP contribution in [0.2, 0.25) is 5.02 Å². The van der Waals surface area contributed by atoms with Crippen molar-refractivity contribution < 1.29 is 9.53 Å². The monoisotopic (exact) mass is 314 g/mol. The van der Waals surface area contributed by atoms with Crippen LogP contribution < -0.4 is 10.2 Å². The minimum absolute atomic E-state index is 0.307. The van der Waals surface area contributed by atoms with E-state index >= 15 is 0 Å². The van der Waals surface area contributed by atoms with Crippen LogP contribution in [-0.2, 0) is 0 Å². The van der Waals surface area contributed by atoms with Crippen molar-refractivity contribution in [2.24, 2.45) is 5.10 Å². The Balaban J connectivity index is 1.94. The van der Waals surface area contributed by atoms with E-state index in [0.29, 0.717) is 22.9 Å². The van der Waals surface area contributed by atoms with Crippen molar-refractivity contribution in [3.05, 3.63) is 77.3 Å². The van der Waals surface area contributed by atoms with Crippen LogP contribution in [0.5, 0.6) is 5.75 Å². The average molecular weight is 315 g/mol. The molecule has 0 heterocycles. The molecule has 0 fully saturated rings. The highest BCUT2D eigenvalue weighted by Crippen LogP contribution is 2.13. The lowest BCUT2D eigenvalue weighted by atomic mass is 10.2. The van der Waals surface area contributed by atoms with Gasteiger partial charge in [-0.3, -0.25) is 4.79 Å². The Bertz CT molecular complexity index is 681. The number of hydrogen-bond donors (Lipinski definition) is 1. The molecule has 1 N–H and O–H groups in total. The molecule has 2 rings (SSSR count). The fourth-order valence-electron chi connectivity index (χ4n) is 1.66. The first-order chi connectivity index (χ1) is 10.7. The predicted molar refractivity (Wildman–Crippen MR) is 88.6 cm³/mol. The molecule has 0 aromatic heterocycles. The summed E-state index contributed by atoms with van der Waals surface area (Å²) in [6.45, 7) is 4.00. The quantitative estimate of drug-likeness (QED) is 0.502. The fourth-order valence-corrected chi connectivity index (χ4v) is 1.85. The van der Waals surface area contributed by atoms with E-state index < -0.39 is 0 Å². The summed E-state index contributed by atoms with van der Waals surface area (Å²) in [4.78, 5) is 11.9. The van der Waals surface area contributed by atoms with E-state index in [4.69, 9.17) is 16.3 Å². The van der Waals surface area contributed by atoms with E-state index in [-0.39, 0.29) is 5.91 Å². The smallest absolute Gasteiger partial charge is 0.271 e. The molecule has 0 bridgehead atoms. The van der Waals surface area contributed by atoms with Gasteiger partial charge in [-0.05, 0) is 30.3 Å². The van der Waals surface area contributed by atoms with Gasteiger partial charge in [0.1, 0.15) is 12.4 Å². The molecule has 0 radical (unpaired) electrons. The molecule has 2 aromatic rings. The minimum Gasteiger partial charge on any atom is -0.490 e. The number of hydrazone groups is 1. The molecule has 5 heteroatoms. The number of ether oxygens (including phenoxy) is 1. The number of amides is 1. The molecule has 1 amide bonds. The summed E-state index contributed by atoms with van der Waals surface area (Å²) in [5, 5.41) is 4.47. The minimum atomic E-state index is -0.307. The third kappa shape index (κ3) is 4.46. The molecule has 4 nitrogen and oxygen atoms in total. The van der Waals surface area contributed by atoms with Crippen LogP contribution in [-0.4, -0.2) is 18.7 Å². The van der Waals surface area contributed by atoms with Gasteiger partial charge in [-0.15, -0.1) is 0 Å². The number of halogens is 1. The third-order valence-corrected chi connectivity index (χ3v) is 3.10. The van der Waals surface area contributed by atoms with Crippen LogP contribution in [0.3, 0.4) is 0 Å². The number of carbonyl (C=O) groups excluding carboxylic acids is 1. The maximum atomic E-state index is 11.9. The van der Waals surface area contributed by atoms with Crippen molar-refractivity contribution in [3.63, 3.8) is 0 Å². The second kappa shape index (κ2) is 8.00. The Kier molecular flexibility index (Phi) is 5.74. The van der Waals surface area contributed by atoms with Gasteiger partial charge in [0, 0.05) is 16.1 Å². The van der Waals surface area contributed by atoms with Gasteiger partial charge in [-0.1, -0.05) is 42.5 Å². The SMILES string of the molecule is C=CCOc1ccc(C(=O)N/N=C/c2ccccc2Cl)cc1.